The number of phenols is 1. The molecule has 0 unspecified atom stereocenters. The molecule has 1 spiro atoms. The minimum absolute atomic E-state index is 0.0220. The number of methoxy groups -OCH3 is 1. The second-order valence-corrected chi connectivity index (χ2v) is 17.0. The smallest absolute Gasteiger partial charge is 0.338 e. The van der Waals surface area contributed by atoms with Crippen LogP contribution in [-0.2, 0) is 9.47 Å². The summed E-state index contributed by atoms with van der Waals surface area (Å²) < 4.78 is 17.9. The summed E-state index contributed by atoms with van der Waals surface area (Å²) in [4.78, 5) is 15.4. The molecule has 7 N–H and O–H groups in total. The van der Waals surface area contributed by atoms with Crippen LogP contribution in [0, 0.1) is 29.1 Å². The largest absolute Gasteiger partial charge is 0.504 e. The number of piperidine rings is 2. The van der Waals surface area contributed by atoms with E-state index in [0.717, 1.165) is 6.42 Å². The minimum Gasteiger partial charge on any atom is -0.504 e. The van der Waals surface area contributed by atoms with Crippen molar-refractivity contribution in [1.29, 1.82) is 0 Å². The zero-order chi connectivity index (χ0) is 34.4. The highest BCUT2D eigenvalue weighted by Gasteiger charge is 2.86. The van der Waals surface area contributed by atoms with E-state index in [1.165, 1.54) is 25.3 Å². The van der Waals surface area contributed by atoms with Gasteiger partial charge in [0.15, 0.2) is 11.5 Å². The van der Waals surface area contributed by atoms with Crippen molar-refractivity contribution in [3.8, 4) is 11.5 Å². The van der Waals surface area contributed by atoms with Crippen LogP contribution in [0.2, 0.25) is 0 Å². The maximum atomic E-state index is 13.3. The zero-order valence-corrected chi connectivity index (χ0v) is 28.3. The number of esters is 1. The summed E-state index contributed by atoms with van der Waals surface area (Å²) in [5, 5.41) is 84.5. The standard InChI is InChI=1S/C36H51NO11/c1-19-5-10-26-31(3,41)36(45)25(16-37(26)15-19)34(44)17-35-24(33(34,43)14-27(36)39)9-8-23-30(35,2)12-11-28(32(23,42)18-47-35)48-29(40)20-6-7-21(38)22(13-20)46-4/h6-7,13,19,23-28,38-39,41-45H,5,8-12,14-18H2,1-4H3/t19-,23-,24-,25-,26-,27-,28-,30-,31+,32-,33+,34+,35+,36-/m0/s1. The summed E-state index contributed by atoms with van der Waals surface area (Å²) in [6, 6.07) is 3.77. The Morgan fingerprint density at radius 1 is 0.958 bits per heavy atom. The summed E-state index contributed by atoms with van der Waals surface area (Å²) >= 11 is 0. The van der Waals surface area contributed by atoms with Gasteiger partial charge in [0, 0.05) is 55.1 Å². The van der Waals surface area contributed by atoms with E-state index >= 15 is 0 Å². The molecule has 14 atom stereocenters. The van der Waals surface area contributed by atoms with Crippen molar-refractivity contribution in [2.75, 3.05) is 26.8 Å². The van der Waals surface area contributed by atoms with Gasteiger partial charge in [-0.2, -0.15) is 0 Å². The number of phenolic OH excluding ortho intramolecular Hbond substituents is 1. The molecule has 1 aromatic carbocycles. The highest BCUT2D eigenvalue weighted by atomic mass is 16.6. The number of hydrogen-bond donors (Lipinski definition) is 7. The third-order valence-corrected chi connectivity index (χ3v) is 15.1. The molecule has 4 aliphatic carbocycles. The molecule has 266 valence electrons. The van der Waals surface area contributed by atoms with Crippen LogP contribution in [0.15, 0.2) is 18.2 Å². The summed E-state index contributed by atoms with van der Waals surface area (Å²) in [5.41, 5.74) is -10.8. The summed E-state index contributed by atoms with van der Waals surface area (Å²) in [5.74, 6) is -2.36. The summed E-state index contributed by atoms with van der Waals surface area (Å²) in [6.07, 6.45) is 0.466. The average molecular weight is 674 g/mol. The number of hydrogen-bond acceptors (Lipinski definition) is 12. The second kappa shape index (κ2) is 10.1. The van der Waals surface area contributed by atoms with Crippen molar-refractivity contribution in [3.05, 3.63) is 23.8 Å². The fourth-order valence-corrected chi connectivity index (χ4v) is 12.7. The van der Waals surface area contributed by atoms with Gasteiger partial charge in [-0.15, -0.1) is 0 Å². The van der Waals surface area contributed by atoms with Gasteiger partial charge in [-0.05, 0) is 69.6 Å². The maximum Gasteiger partial charge on any atom is 0.338 e. The fraction of sp³-hybridized carbons (Fsp3) is 0.806. The third-order valence-electron chi connectivity index (χ3n) is 15.1. The fourth-order valence-electron chi connectivity index (χ4n) is 12.7. The lowest BCUT2D eigenvalue weighted by Gasteiger charge is -2.69. The first-order chi connectivity index (χ1) is 22.4. The van der Waals surface area contributed by atoms with Gasteiger partial charge in [-0.3, -0.25) is 4.90 Å². The summed E-state index contributed by atoms with van der Waals surface area (Å²) in [6.45, 7) is 6.44. The van der Waals surface area contributed by atoms with E-state index in [0.29, 0.717) is 44.6 Å². The first-order valence-electron chi connectivity index (χ1n) is 17.7. The van der Waals surface area contributed by atoms with E-state index in [1.807, 2.05) is 6.92 Å². The molecule has 4 saturated carbocycles. The van der Waals surface area contributed by atoms with Gasteiger partial charge >= 0.3 is 5.97 Å². The molecule has 0 radical (unpaired) electrons. The lowest BCUT2D eigenvalue weighted by Crippen LogP contribution is -2.85. The van der Waals surface area contributed by atoms with Crippen LogP contribution in [0.5, 0.6) is 11.5 Å². The van der Waals surface area contributed by atoms with Crippen LogP contribution in [0.25, 0.3) is 0 Å². The molecule has 7 fully saturated rings. The molecule has 0 aromatic heterocycles. The van der Waals surface area contributed by atoms with Gasteiger partial charge < -0.3 is 50.0 Å². The number of nitrogens with zero attached hydrogens (tertiary/aromatic N) is 1. The van der Waals surface area contributed by atoms with E-state index in [-0.39, 0.29) is 43.1 Å². The number of aliphatic hydroxyl groups is 6. The number of ether oxygens (including phenoxy) is 3. The van der Waals surface area contributed by atoms with Crippen LogP contribution in [-0.4, -0.2) is 125 Å². The molecule has 12 nitrogen and oxygen atoms in total. The van der Waals surface area contributed by atoms with Crippen molar-refractivity contribution in [2.24, 2.45) is 29.1 Å². The Labute approximate surface area is 280 Å². The lowest BCUT2D eigenvalue weighted by atomic mass is 9.44. The number of fused-ring (bicyclic) bond motifs is 5. The van der Waals surface area contributed by atoms with Gasteiger partial charge in [0.25, 0.3) is 0 Å². The molecule has 3 heterocycles. The Morgan fingerprint density at radius 2 is 1.69 bits per heavy atom. The molecule has 3 aliphatic heterocycles. The van der Waals surface area contributed by atoms with E-state index in [4.69, 9.17) is 14.2 Å². The topological polar surface area (TPSA) is 190 Å². The second-order valence-electron chi connectivity index (χ2n) is 17.0. The minimum atomic E-state index is -2.07. The Kier molecular flexibility index (Phi) is 6.94. The predicted octanol–water partition coefficient (Wildman–Crippen LogP) is 1.10. The molecule has 48 heavy (non-hydrogen) atoms. The maximum absolute atomic E-state index is 13.3. The Morgan fingerprint density at radius 3 is 2.42 bits per heavy atom. The first kappa shape index (κ1) is 33.1. The SMILES string of the molecule is COc1cc(C(=O)O[C@H]2CC[C@@]3(C)[C@@H]4CC[C@H]5[C@]6(O)C[C@H](O)[C@@]7(O)[C@@H](CN8C[C@@H](C)CC[C@H]8[C@@]7(C)O)[C@]6(O)C[C@@]53OC[C@@]24O)ccc1O. The first-order valence-corrected chi connectivity index (χ1v) is 17.7. The quantitative estimate of drug-likeness (QED) is 0.227. The average Bonchev–Trinajstić information content (AvgIpc) is 3.22. The molecule has 1 aromatic rings. The van der Waals surface area contributed by atoms with Crippen molar-refractivity contribution < 1.29 is 54.8 Å². The number of aliphatic hydroxyl groups excluding tert-OH is 1. The van der Waals surface area contributed by atoms with Gasteiger partial charge in [0.2, 0.25) is 0 Å². The van der Waals surface area contributed by atoms with Gasteiger partial charge in [-0.25, -0.2) is 4.79 Å². The molecule has 4 bridgehead atoms. The van der Waals surface area contributed by atoms with Gasteiger partial charge in [-0.1, -0.05) is 13.8 Å². The number of aromatic hydroxyl groups is 1. The van der Waals surface area contributed by atoms with Gasteiger partial charge in [0.1, 0.15) is 34.1 Å². The van der Waals surface area contributed by atoms with Gasteiger partial charge in [0.05, 0.1) is 31.0 Å². The summed E-state index contributed by atoms with van der Waals surface area (Å²) in [7, 11) is 1.38. The Hall–Kier alpha value is -2.03. The zero-order valence-electron chi connectivity index (χ0n) is 28.3. The number of rotatable bonds is 3. The van der Waals surface area contributed by atoms with Crippen molar-refractivity contribution >= 4 is 5.97 Å². The normalized spacial score (nSPS) is 53.9. The monoisotopic (exact) mass is 673 g/mol. The van der Waals surface area contributed by atoms with E-state index < -0.39 is 81.0 Å². The van der Waals surface area contributed by atoms with Crippen molar-refractivity contribution in [3.63, 3.8) is 0 Å². The van der Waals surface area contributed by atoms with Crippen molar-refractivity contribution in [1.82, 2.24) is 4.90 Å². The molecular formula is C36H51NO11. The van der Waals surface area contributed by atoms with Crippen LogP contribution >= 0.6 is 0 Å². The lowest BCUT2D eigenvalue weighted by molar-refractivity contribution is -0.357. The highest BCUT2D eigenvalue weighted by Crippen LogP contribution is 2.75. The van der Waals surface area contributed by atoms with Crippen molar-refractivity contribution in [2.45, 2.75) is 124 Å². The number of benzene rings is 1. The molecule has 7 aliphatic rings. The van der Waals surface area contributed by atoms with Crippen LogP contribution in [0.3, 0.4) is 0 Å². The molecule has 8 rings (SSSR count). The molecule has 0 amide bonds. The Balaban J connectivity index is 1.14. The third kappa shape index (κ3) is 3.71. The molecule has 12 heteroatoms. The van der Waals surface area contributed by atoms with E-state index in [1.54, 1.807) is 6.92 Å². The van der Waals surface area contributed by atoms with E-state index in [2.05, 4.69) is 11.8 Å². The number of carbonyl (C=O) groups excluding carboxylic acids is 1. The highest BCUT2D eigenvalue weighted by molar-refractivity contribution is 5.90. The van der Waals surface area contributed by atoms with E-state index in [9.17, 15) is 40.5 Å². The molecule has 3 saturated heterocycles. The molecular weight excluding hydrogens is 622 g/mol. The Bertz CT molecular complexity index is 1520. The van der Waals surface area contributed by atoms with Crippen LogP contribution < -0.4 is 4.74 Å². The predicted molar refractivity (Wildman–Crippen MR) is 169 cm³/mol. The van der Waals surface area contributed by atoms with Crippen LogP contribution in [0.1, 0.15) is 82.5 Å². The van der Waals surface area contributed by atoms with Crippen LogP contribution in [0.4, 0.5) is 0 Å². The number of carbonyl (C=O) groups is 1.